The van der Waals surface area contributed by atoms with Crippen LogP contribution < -0.4 is 0 Å². The maximum absolute atomic E-state index is 13.1. The summed E-state index contributed by atoms with van der Waals surface area (Å²) in [7, 11) is 0. The van der Waals surface area contributed by atoms with E-state index >= 15 is 0 Å². The van der Waals surface area contributed by atoms with Crippen LogP contribution in [0, 0.1) is 11.8 Å². The molecular formula is C24H26N2O. The predicted octanol–water partition coefficient (Wildman–Crippen LogP) is 5.49. The highest BCUT2D eigenvalue weighted by Gasteiger charge is 2.33. The largest absolute Gasteiger partial charge is 0.323 e. The van der Waals surface area contributed by atoms with Gasteiger partial charge in [-0.05, 0) is 55.6 Å². The summed E-state index contributed by atoms with van der Waals surface area (Å²) in [6.07, 6.45) is 18.2. The van der Waals surface area contributed by atoms with E-state index in [1.54, 1.807) is 0 Å². The fraction of sp³-hybridized carbons (Fsp3) is 0.417. The zero-order chi connectivity index (χ0) is 18.2. The molecule has 1 aliphatic heterocycles. The molecule has 2 aromatic rings. The molecule has 3 nitrogen and oxygen atoms in total. The number of carbonyl (C=O) groups excluding carboxylic acids is 1. The van der Waals surface area contributed by atoms with Gasteiger partial charge in [0.1, 0.15) is 5.78 Å². The second-order valence-electron chi connectivity index (χ2n) is 8.19. The standard InChI is InChI=1S/C24H26N2O/c27-24(19-12-10-18(11-13-19)17-6-2-1-3-7-17)14-22-20-8-4-5-9-21(20)23-15-25-16-26(22)23/h2,4-9,15-16,18-19,22H,1,3,10-14H2. The third-order valence-corrected chi connectivity index (χ3v) is 6.67. The molecule has 0 bridgehead atoms. The van der Waals surface area contributed by atoms with Crippen molar-refractivity contribution in [1.29, 1.82) is 0 Å². The highest BCUT2D eigenvalue weighted by atomic mass is 16.1. The number of nitrogens with zero attached hydrogens (tertiary/aromatic N) is 2. The Morgan fingerprint density at radius 1 is 1.11 bits per heavy atom. The van der Waals surface area contributed by atoms with E-state index < -0.39 is 0 Å². The molecular weight excluding hydrogens is 332 g/mol. The molecule has 1 unspecified atom stereocenters. The summed E-state index contributed by atoms with van der Waals surface area (Å²) in [5, 5.41) is 0. The van der Waals surface area contributed by atoms with Gasteiger partial charge in [0.2, 0.25) is 0 Å². The van der Waals surface area contributed by atoms with E-state index in [-0.39, 0.29) is 12.0 Å². The molecule has 0 N–H and O–H groups in total. The second kappa shape index (κ2) is 6.95. The summed E-state index contributed by atoms with van der Waals surface area (Å²) < 4.78 is 2.19. The average molecular weight is 358 g/mol. The van der Waals surface area contributed by atoms with Crippen molar-refractivity contribution in [1.82, 2.24) is 9.55 Å². The topological polar surface area (TPSA) is 34.9 Å². The van der Waals surface area contributed by atoms with Crippen LogP contribution in [0.3, 0.4) is 0 Å². The molecule has 0 amide bonds. The fourth-order valence-corrected chi connectivity index (χ4v) is 5.18. The summed E-state index contributed by atoms with van der Waals surface area (Å²) >= 11 is 0. The van der Waals surface area contributed by atoms with Crippen LogP contribution in [0.2, 0.25) is 0 Å². The van der Waals surface area contributed by atoms with E-state index in [0.717, 1.165) is 31.4 Å². The number of ketones is 1. The predicted molar refractivity (Wildman–Crippen MR) is 107 cm³/mol. The number of allylic oxidation sites excluding steroid dienone is 4. The molecule has 138 valence electrons. The number of Topliss-reactive ketones (excluding diaryl/α,β-unsaturated/α-hetero) is 1. The van der Waals surface area contributed by atoms with Gasteiger partial charge in [-0.1, -0.05) is 42.5 Å². The van der Waals surface area contributed by atoms with Crippen molar-refractivity contribution < 1.29 is 4.79 Å². The minimum absolute atomic E-state index is 0.118. The third kappa shape index (κ3) is 2.99. The molecule has 3 aliphatic rings. The minimum atomic E-state index is 0.118. The SMILES string of the molecule is O=C(CC1c2ccccc2-c2cncn21)C1CCC(C2=CCCC=C2)CC1. The summed E-state index contributed by atoms with van der Waals surface area (Å²) in [5.74, 6) is 1.33. The number of benzene rings is 1. The van der Waals surface area contributed by atoms with Crippen LogP contribution in [0.15, 0.2) is 60.6 Å². The number of imidazole rings is 1. The quantitative estimate of drug-likeness (QED) is 0.724. The van der Waals surface area contributed by atoms with Crippen molar-refractivity contribution in [3.8, 4) is 11.3 Å². The summed E-state index contributed by atoms with van der Waals surface area (Å²) in [6.45, 7) is 0. The lowest BCUT2D eigenvalue weighted by Gasteiger charge is -2.30. The summed E-state index contributed by atoms with van der Waals surface area (Å²) in [4.78, 5) is 17.4. The molecule has 5 rings (SSSR count). The van der Waals surface area contributed by atoms with Gasteiger partial charge in [0.05, 0.1) is 24.3 Å². The zero-order valence-electron chi connectivity index (χ0n) is 15.7. The molecule has 27 heavy (non-hydrogen) atoms. The normalized spacial score (nSPS) is 26.4. The molecule has 1 aromatic carbocycles. The van der Waals surface area contributed by atoms with Gasteiger partial charge in [0.25, 0.3) is 0 Å². The smallest absolute Gasteiger partial charge is 0.138 e. The van der Waals surface area contributed by atoms with Crippen molar-refractivity contribution in [3.05, 3.63) is 66.2 Å². The molecule has 2 heterocycles. The Morgan fingerprint density at radius 3 is 2.78 bits per heavy atom. The van der Waals surface area contributed by atoms with E-state index in [2.05, 4.69) is 52.0 Å². The molecule has 1 aromatic heterocycles. The Bertz CT molecular complexity index is 912. The first-order valence-corrected chi connectivity index (χ1v) is 10.3. The Hall–Kier alpha value is -2.42. The van der Waals surface area contributed by atoms with Gasteiger partial charge in [0, 0.05) is 17.9 Å². The summed E-state index contributed by atoms with van der Waals surface area (Å²) in [5.41, 5.74) is 5.16. The Balaban J connectivity index is 1.27. The first kappa shape index (κ1) is 16.7. The van der Waals surface area contributed by atoms with Crippen LogP contribution >= 0.6 is 0 Å². The maximum atomic E-state index is 13.1. The molecule has 3 heteroatoms. The summed E-state index contributed by atoms with van der Waals surface area (Å²) in [6, 6.07) is 8.57. The number of aromatic nitrogens is 2. The molecule has 0 radical (unpaired) electrons. The molecule has 0 saturated heterocycles. The highest BCUT2D eigenvalue weighted by molar-refractivity contribution is 5.83. The van der Waals surface area contributed by atoms with Crippen molar-refractivity contribution in [2.75, 3.05) is 0 Å². The lowest BCUT2D eigenvalue weighted by Crippen LogP contribution is -2.25. The third-order valence-electron chi connectivity index (χ3n) is 6.67. The van der Waals surface area contributed by atoms with Gasteiger partial charge in [-0.15, -0.1) is 0 Å². The van der Waals surface area contributed by atoms with Gasteiger partial charge < -0.3 is 4.57 Å². The van der Waals surface area contributed by atoms with Gasteiger partial charge in [-0.3, -0.25) is 4.79 Å². The Morgan fingerprint density at radius 2 is 1.96 bits per heavy atom. The lowest BCUT2D eigenvalue weighted by molar-refractivity contribution is -0.124. The Kier molecular flexibility index (Phi) is 4.31. The lowest BCUT2D eigenvalue weighted by atomic mass is 9.75. The van der Waals surface area contributed by atoms with Crippen LogP contribution in [0.4, 0.5) is 0 Å². The number of hydrogen-bond acceptors (Lipinski definition) is 2. The number of hydrogen-bond donors (Lipinski definition) is 0. The minimum Gasteiger partial charge on any atom is -0.323 e. The first-order valence-electron chi connectivity index (χ1n) is 10.3. The van der Waals surface area contributed by atoms with Crippen molar-refractivity contribution >= 4 is 5.78 Å². The Labute approximate surface area is 160 Å². The molecule has 1 fully saturated rings. The van der Waals surface area contributed by atoms with Gasteiger partial charge in [-0.2, -0.15) is 0 Å². The first-order chi connectivity index (χ1) is 13.3. The van der Waals surface area contributed by atoms with Gasteiger partial charge in [-0.25, -0.2) is 4.98 Å². The van der Waals surface area contributed by atoms with Gasteiger partial charge in [0.15, 0.2) is 0 Å². The molecule has 1 atom stereocenters. The van der Waals surface area contributed by atoms with E-state index in [4.69, 9.17) is 0 Å². The van der Waals surface area contributed by atoms with E-state index in [9.17, 15) is 4.79 Å². The number of rotatable bonds is 4. The van der Waals surface area contributed by atoms with Crippen LogP contribution in [0.1, 0.15) is 56.6 Å². The van der Waals surface area contributed by atoms with Crippen molar-refractivity contribution in [2.45, 2.75) is 51.0 Å². The zero-order valence-corrected chi connectivity index (χ0v) is 15.7. The van der Waals surface area contributed by atoms with Crippen LogP contribution in [0.5, 0.6) is 0 Å². The van der Waals surface area contributed by atoms with E-state index in [1.807, 2.05) is 12.5 Å². The highest BCUT2D eigenvalue weighted by Crippen LogP contribution is 2.42. The van der Waals surface area contributed by atoms with Crippen LogP contribution in [-0.4, -0.2) is 15.3 Å². The van der Waals surface area contributed by atoms with Crippen molar-refractivity contribution in [2.24, 2.45) is 11.8 Å². The monoisotopic (exact) mass is 358 g/mol. The number of carbonyl (C=O) groups is 1. The molecule has 2 aliphatic carbocycles. The second-order valence-corrected chi connectivity index (χ2v) is 8.19. The van der Waals surface area contributed by atoms with Crippen molar-refractivity contribution in [3.63, 3.8) is 0 Å². The fourth-order valence-electron chi connectivity index (χ4n) is 5.18. The maximum Gasteiger partial charge on any atom is 0.138 e. The van der Waals surface area contributed by atoms with Crippen LogP contribution in [0.25, 0.3) is 11.3 Å². The van der Waals surface area contributed by atoms with E-state index in [0.29, 0.717) is 18.1 Å². The molecule has 0 spiro atoms. The van der Waals surface area contributed by atoms with Crippen LogP contribution in [-0.2, 0) is 4.79 Å². The van der Waals surface area contributed by atoms with Gasteiger partial charge >= 0.3 is 0 Å². The average Bonchev–Trinajstić information content (AvgIpc) is 3.32. The molecule has 1 saturated carbocycles. The number of fused-ring (bicyclic) bond motifs is 3. The van der Waals surface area contributed by atoms with E-state index in [1.165, 1.54) is 29.5 Å².